The van der Waals surface area contributed by atoms with Gasteiger partial charge in [0.15, 0.2) is 0 Å². The molecule has 1 heterocycles. The van der Waals surface area contributed by atoms with E-state index in [4.69, 9.17) is 10.5 Å². The monoisotopic (exact) mass is 240 g/mol. The second-order valence-corrected chi connectivity index (χ2v) is 4.30. The number of pyridine rings is 1. The van der Waals surface area contributed by atoms with Crippen molar-refractivity contribution >= 4 is 17.3 Å². The number of aromatic nitrogens is 1. The Labute approximate surface area is 99.1 Å². The first-order valence-corrected chi connectivity index (χ1v) is 5.04. The van der Waals surface area contributed by atoms with E-state index in [9.17, 15) is 10.1 Å². The fourth-order valence-electron chi connectivity index (χ4n) is 1.44. The van der Waals surface area contributed by atoms with Gasteiger partial charge >= 0.3 is 5.69 Å². The van der Waals surface area contributed by atoms with Gasteiger partial charge < -0.3 is 15.8 Å². The average Bonchev–Trinajstić information content (AvgIpc) is 2.15. The molecule has 0 unspecified atom stereocenters. The fraction of sp³-hybridized carbons (Fsp3) is 0.500. The molecular formula is C10H16N4O3. The lowest BCUT2D eigenvalue weighted by Gasteiger charge is -2.25. The molecule has 0 saturated heterocycles. The molecular weight excluding hydrogens is 224 g/mol. The Morgan fingerprint density at radius 1 is 1.59 bits per heavy atom. The van der Waals surface area contributed by atoms with Gasteiger partial charge in [0, 0.05) is 13.2 Å². The number of hydrogen-bond donors (Lipinski definition) is 2. The molecule has 1 aromatic heterocycles. The van der Waals surface area contributed by atoms with Crippen LogP contribution in [0.5, 0.6) is 0 Å². The van der Waals surface area contributed by atoms with Crippen molar-refractivity contribution in [3.05, 3.63) is 22.2 Å². The molecule has 0 aromatic carbocycles. The number of methoxy groups -OCH3 is 1. The summed E-state index contributed by atoms with van der Waals surface area (Å²) in [7, 11) is 1.60. The number of nitrogen functional groups attached to an aromatic ring is 1. The number of rotatable bonds is 5. The molecule has 7 heteroatoms. The highest BCUT2D eigenvalue weighted by Crippen LogP contribution is 2.22. The lowest BCUT2D eigenvalue weighted by Crippen LogP contribution is -2.36. The van der Waals surface area contributed by atoms with Crippen molar-refractivity contribution < 1.29 is 9.66 Å². The van der Waals surface area contributed by atoms with E-state index in [1.807, 2.05) is 13.8 Å². The summed E-state index contributed by atoms with van der Waals surface area (Å²) in [4.78, 5) is 13.9. The summed E-state index contributed by atoms with van der Waals surface area (Å²) in [6, 6.07) is 2.85. The molecule has 0 aliphatic rings. The largest absolute Gasteiger partial charge is 0.382 e. The van der Waals surface area contributed by atoms with Gasteiger partial charge in [-0.2, -0.15) is 0 Å². The maximum Gasteiger partial charge on any atom is 0.311 e. The summed E-state index contributed by atoms with van der Waals surface area (Å²) in [6.07, 6.45) is 0. The van der Waals surface area contributed by atoms with Crippen LogP contribution in [-0.4, -0.2) is 29.2 Å². The molecule has 0 spiro atoms. The number of nitrogens with zero attached hydrogens (tertiary/aromatic N) is 2. The normalized spacial score (nSPS) is 11.2. The maximum atomic E-state index is 10.6. The first kappa shape index (κ1) is 13.2. The zero-order chi connectivity index (χ0) is 13.1. The van der Waals surface area contributed by atoms with E-state index in [0.717, 1.165) is 0 Å². The van der Waals surface area contributed by atoms with Gasteiger partial charge in [0.1, 0.15) is 5.82 Å². The highest BCUT2D eigenvalue weighted by molar-refractivity contribution is 5.57. The van der Waals surface area contributed by atoms with E-state index in [0.29, 0.717) is 12.4 Å². The van der Waals surface area contributed by atoms with Gasteiger partial charge in [-0.25, -0.2) is 4.98 Å². The highest BCUT2D eigenvalue weighted by atomic mass is 16.6. The molecule has 3 N–H and O–H groups in total. The summed E-state index contributed by atoms with van der Waals surface area (Å²) < 4.78 is 5.04. The Morgan fingerprint density at radius 2 is 2.24 bits per heavy atom. The van der Waals surface area contributed by atoms with E-state index in [-0.39, 0.29) is 17.0 Å². The Balaban J connectivity index is 2.88. The molecule has 17 heavy (non-hydrogen) atoms. The first-order valence-electron chi connectivity index (χ1n) is 5.04. The van der Waals surface area contributed by atoms with Gasteiger partial charge in [-0.1, -0.05) is 0 Å². The quantitative estimate of drug-likeness (QED) is 0.595. The topological polar surface area (TPSA) is 103 Å². The Bertz CT molecular complexity index is 420. The van der Waals surface area contributed by atoms with Gasteiger partial charge in [0.25, 0.3) is 0 Å². The van der Waals surface area contributed by atoms with E-state index < -0.39 is 4.92 Å². The number of hydrogen-bond acceptors (Lipinski definition) is 6. The van der Waals surface area contributed by atoms with Crippen molar-refractivity contribution in [1.82, 2.24) is 4.98 Å². The third-order valence-corrected chi connectivity index (χ3v) is 2.07. The van der Waals surface area contributed by atoms with Gasteiger partial charge in [0.2, 0.25) is 5.82 Å². The first-order chi connectivity index (χ1) is 7.85. The number of anilines is 2. The number of nitrogens with two attached hydrogens (primary N) is 1. The lowest BCUT2D eigenvalue weighted by molar-refractivity contribution is -0.384. The molecule has 94 valence electrons. The molecule has 0 bridgehead atoms. The lowest BCUT2D eigenvalue weighted by atomic mass is 10.1. The van der Waals surface area contributed by atoms with E-state index in [1.165, 1.54) is 12.1 Å². The number of ether oxygens (including phenoxy) is 1. The van der Waals surface area contributed by atoms with Crippen LogP contribution in [0, 0.1) is 10.1 Å². The number of nitro groups is 1. The van der Waals surface area contributed by atoms with Crippen LogP contribution < -0.4 is 11.1 Å². The predicted octanol–water partition coefficient (Wildman–Crippen LogP) is 1.41. The predicted molar refractivity (Wildman–Crippen MR) is 64.9 cm³/mol. The van der Waals surface area contributed by atoms with Gasteiger partial charge in [-0.05, 0) is 19.9 Å². The van der Waals surface area contributed by atoms with E-state index in [2.05, 4.69) is 10.3 Å². The van der Waals surface area contributed by atoms with Crippen LogP contribution in [0.25, 0.3) is 0 Å². The Morgan fingerprint density at radius 3 is 2.71 bits per heavy atom. The molecule has 0 amide bonds. The molecule has 0 aliphatic heterocycles. The summed E-state index contributed by atoms with van der Waals surface area (Å²) in [5, 5.41) is 13.7. The van der Waals surface area contributed by atoms with Crippen molar-refractivity contribution in [2.45, 2.75) is 19.4 Å². The molecule has 0 aliphatic carbocycles. The average molecular weight is 240 g/mol. The van der Waals surface area contributed by atoms with Crippen LogP contribution in [0.4, 0.5) is 17.3 Å². The minimum absolute atomic E-state index is 0.104. The molecule has 0 saturated carbocycles. The van der Waals surface area contributed by atoms with Crippen molar-refractivity contribution in [3.63, 3.8) is 0 Å². The Kier molecular flexibility index (Phi) is 3.84. The zero-order valence-corrected chi connectivity index (χ0v) is 10.1. The van der Waals surface area contributed by atoms with Gasteiger partial charge in [-0.3, -0.25) is 10.1 Å². The maximum absolute atomic E-state index is 10.6. The second kappa shape index (κ2) is 4.96. The van der Waals surface area contributed by atoms with Crippen molar-refractivity contribution in [2.24, 2.45) is 0 Å². The minimum atomic E-state index is -0.563. The molecule has 1 rings (SSSR count). The van der Waals surface area contributed by atoms with Crippen LogP contribution in [-0.2, 0) is 4.74 Å². The van der Waals surface area contributed by atoms with Crippen LogP contribution >= 0.6 is 0 Å². The highest BCUT2D eigenvalue weighted by Gasteiger charge is 2.19. The molecule has 7 nitrogen and oxygen atoms in total. The standard InChI is InChI=1S/C10H16N4O3/c1-10(2,6-17-3)13-8-5-4-7(14(15)16)9(11)12-8/h4-5H,6H2,1-3H3,(H3,11,12,13). The summed E-state index contributed by atoms with van der Waals surface area (Å²) >= 11 is 0. The van der Waals surface area contributed by atoms with E-state index in [1.54, 1.807) is 7.11 Å². The SMILES string of the molecule is COCC(C)(C)Nc1ccc([N+](=O)[O-])c(N)n1. The minimum Gasteiger partial charge on any atom is -0.382 e. The summed E-state index contributed by atoms with van der Waals surface area (Å²) in [5.41, 5.74) is 4.97. The molecule has 0 atom stereocenters. The number of nitrogens with one attached hydrogen (secondary N) is 1. The Hall–Kier alpha value is -1.89. The van der Waals surface area contributed by atoms with Crippen molar-refractivity contribution in [1.29, 1.82) is 0 Å². The van der Waals surface area contributed by atoms with Crippen molar-refractivity contribution in [2.75, 3.05) is 24.8 Å². The zero-order valence-electron chi connectivity index (χ0n) is 10.1. The molecule has 1 aromatic rings. The third kappa shape index (κ3) is 3.56. The summed E-state index contributed by atoms with van der Waals surface area (Å²) in [5.74, 6) is 0.378. The molecule has 0 fully saturated rings. The van der Waals surface area contributed by atoms with Crippen LogP contribution in [0.1, 0.15) is 13.8 Å². The van der Waals surface area contributed by atoms with Crippen LogP contribution in [0.15, 0.2) is 12.1 Å². The van der Waals surface area contributed by atoms with Crippen LogP contribution in [0.3, 0.4) is 0 Å². The summed E-state index contributed by atoms with van der Waals surface area (Å²) in [6.45, 7) is 4.33. The van der Waals surface area contributed by atoms with Gasteiger partial charge in [-0.15, -0.1) is 0 Å². The molecule has 0 radical (unpaired) electrons. The smallest absolute Gasteiger partial charge is 0.311 e. The van der Waals surface area contributed by atoms with E-state index >= 15 is 0 Å². The van der Waals surface area contributed by atoms with Crippen molar-refractivity contribution in [3.8, 4) is 0 Å². The second-order valence-electron chi connectivity index (χ2n) is 4.30. The fourth-order valence-corrected chi connectivity index (χ4v) is 1.44. The third-order valence-electron chi connectivity index (χ3n) is 2.07. The van der Waals surface area contributed by atoms with Gasteiger partial charge in [0.05, 0.1) is 17.1 Å². The van der Waals surface area contributed by atoms with Crippen LogP contribution in [0.2, 0.25) is 0 Å².